The Balaban J connectivity index is 1.91. The zero-order chi connectivity index (χ0) is 12.8. The maximum Gasteiger partial charge on any atom is 0.149 e. The van der Waals surface area contributed by atoms with Crippen LogP contribution in [0.15, 0.2) is 60.8 Å². The number of hydrogen-bond donors (Lipinski definition) is 1. The lowest BCUT2D eigenvalue weighted by Gasteiger charge is -2.02. The summed E-state index contributed by atoms with van der Waals surface area (Å²) >= 11 is 0. The molecule has 18 heavy (non-hydrogen) atoms. The number of nitrogens with one attached hydrogen (secondary N) is 1. The fourth-order valence-corrected chi connectivity index (χ4v) is 1.56. The second kappa shape index (κ2) is 5.96. The minimum absolute atomic E-state index is 0.265. The molecule has 0 saturated heterocycles. The van der Waals surface area contributed by atoms with Gasteiger partial charge in [0.2, 0.25) is 0 Å². The molecule has 3 heteroatoms. The molecule has 0 unspecified atom stereocenters. The minimum Gasteiger partial charge on any atom is -0.360 e. The average molecular weight is 245 g/mol. The molecule has 2 rings (SSSR count). The van der Waals surface area contributed by atoms with Gasteiger partial charge in [0.25, 0.3) is 0 Å². The summed E-state index contributed by atoms with van der Waals surface area (Å²) in [5.74, 6) is -1.18. The molecule has 0 radical (unpaired) electrons. The Morgan fingerprint density at radius 3 is 2.50 bits per heavy atom. The summed E-state index contributed by atoms with van der Waals surface area (Å²) in [5, 5.41) is 2.79. The van der Waals surface area contributed by atoms with E-state index in [0.29, 0.717) is 0 Å². The van der Waals surface area contributed by atoms with Crippen molar-refractivity contribution in [1.29, 1.82) is 0 Å². The van der Waals surface area contributed by atoms with E-state index in [-0.39, 0.29) is 5.69 Å². The summed E-state index contributed by atoms with van der Waals surface area (Å²) in [6, 6.07) is 13.4. The van der Waals surface area contributed by atoms with Crippen molar-refractivity contribution >= 4 is 5.69 Å². The van der Waals surface area contributed by atoms with E-state index in [0.717, 1.165) is 12.5 Å². The Morgan fingerprint density at radius 1 is 1.00 bits per heavy atom. The maximum absolute atomic E-state index is 13.3. The van der Waals surface area contributed by atoms with Crippen molar-refractivity contribution in [2.75, 3.05) is 5.32 Å². The second-order valence-electron chi connectivity index (χ2n) is 3.86. The van der Waals surface area contributed by atoms with E-state index in [4.69, 9.17) is 0 Å². The zero-order valence-corrected chi connectivity index (χ0v) is 9.74. The van der Waals surface area contributed by atoms with Crippen LogP contribution in [0.25, 0.3) is 0 Å². The largest absolute Gasteiger partial charge is 0.360 e. The maximum atomic E-state index is 13.3. The molecule has 1 N–H and O–H groups in total. The third kappa shape index (κ3) is 3.42. The van der Waals surface area contributed by atoms with E-state index >= 15 is 0 Å². The number of hydrogen-bond acceptors (Lipinski definition) is 1. The summed E-state index contributed by atoms with van der Waals surface area (Å²) in [4.78, 5) is 0. The Bertz CT molecular complexity index is 535. The number of anilines is 1. The van der Waals surface area contributed by atoms with Crippen molar-refractivity contribution in [3.63, 3.8) is 0 Å². The minimum atomic E-state index is -0.598. The standard InChI is InChI=1S/C15H13F2N/c16-13-8-9-15(14(17)11-13)18-10-4-7-12-5-2-1-3-6-12/h1-6,8-11,18H,7H2. The third-order valence-electron chi connectivity index (χ3n) is 2.48. The van der Waals surface area contributed by atoms with Crippen molar-refractivity contribution in [2.45, 2.75) is 6.42 Å². The number of halogens is 2. The predicted octanol–water partition coefficient (Wildman–Crippen LogP) is 4.13. The molecular weight excluding hydrogens is 232 g/mol. The molecule has 0 aromatic heterocycles. The molecule has 0 fully saturated rings. The molecule has 0 aliphatic rings. The van der Waals surface area contributed by atoms with Crippen molar-refractivity contribution in [1.82, 2.24) is 0 Å². The van der Waals surface area contributed by atoms with E-state index in [9.17, 15) is 8.78 Å². The van der Waals surface area contributed by atoms with Gasteiger partial charge < -0.3 is 5.32 Å². The van der Waals surface area contributed by atoms with Gasteiger partial charge in [0.1, 0.15) is 11.6 Å². The fraction of sp³-hybridized carbons (Fsp3) is 0.0667. The SMILES string of the molecule is Fc1ccc(NC=CCc2ccccc2)c(F)c1. The summed E-state index contributed by atoms with van der Waals surface area (Å²) < 4.78 is 25.9. The van der Waals surface area contributed by atoms with E-state index in [1.54, 1.807) is 6.20 Å². The smallest absolute Gasteiger partial charge is 0.149 e. The topological polar surface area (TPSA) is 12.0 Å². The van der Waals surface area contributed by atoms with Gasteiger partial charge in [0, 0.05) is 6.07 Å². The quantitative estimate of drug-likeness (QED) is 0.853. The van der Waals surface area contributed by atoms with Gasteiger partial charge in [-0.05, 0) is 30.3 Å². The van der Waals surface area contributed by atoms with Gasteiger partial charge >= 0.3 is 0 Å². The highest BCUT2D eigenvalue weighted by atomic mass is 19.1. The van der Waals surface area contributed by atoms with Crippen molar-refractivity contribution < 1.29 is 8.78 Å². The van der Waals surface area contributed by atoms with Crippen LogP contribution in [0.5, 0.6) is 0 Å². The van der Waals surface area contributed by atoms with Crippen LogP contribution in [0.4, 0.5) is 14.5 Å². The number of allylic oxidation sites excluding steroid dienone is 1. The van der Waals surface area contributed by atoms with Gasteiger partial charge in [0.05, 0.1) is 5.69 Å². The first kappa shape index (κ1) is 12.3. The Hall–Kier alpha value is -2.16. The van der Waals surface area contributed by atoms with Crippen LogP contribution < -0.4 is 5.32 Å². The summed E-state index contributed by atoms with van der Waals surface area (Å²) in [6.07, 6.45) is 4.30. The fourth-order valence-electron chi connectivity index (χ4n) is 1.56. The van der Waals surface area contributed by atoms with Crippen LogP contribution >= 0.6 is 0 Å². The highest BCUT2D eigenvalue weighted by molar-refractivity contribution is 5.46. The predicted molar refractivity (Wildman–Crippen MR) is 69.3 cm³/mol. The van der Waals surface area contributed by atoms with Crippen molar-refractivity contribution in [2.24, 2.45) is 0 Å². The van der Waals surface area contributed by atoms with Gasteiger partial charge in [-0.2, -0.15) is 0 Å². The lowest BCUT2D eigenvalue weighted by Crippen LogP contribution is -1.92. The van der Waals surface area contributed by atoms with Crippen LogP contribution in [0.2, 0.25) is 0 Å². The molecule has 0 bridgehead atoms. The molecule has 0 aliphatic carbocycles. The molecule has 2 aromatic rings. The van der Waals surface area contributed by atoms with Crippen molar-refractivity contribution in [3.8, 4) is 0 Å². The van der Waals surface area contributed by atoms with E-state index in [1.807, 2.05) is 36.4 Å². The van der Waals surface area contributed by atoms with Gasteiger partial charge in [-0.3, -0.25) is 0 Å². The highest BCUT2D eigenvalue weighted by Crippen LogP contribution is 2.14. The molecule has 0 atom stereocenters. The second-order valence-corrected chi connectivity index (χ2v) is 3.86. The first-order valence-corrected chi connectivity index (χ1v) is 5.66. The molecular formula is C15H13F2N. The third-order valence-corrected chi connectivity index (χ3v) is 2.48. The summed E-state index contributed by atoms with van der Waals surface area (Å²) in [6.45, 7) is 0. The molecule has 92 valence electrons. The van der Waals surface area contributed by atoms with Crippen LogP contribution in [0.3, 0.4) is 0 Å². The molecule has 0 aliphatic heterocycles. The van der Waals surface area contributed by atoms with Gasteiger partial charge in [-0.1, -0.05) is 36.4 Å². The molecule has 0 amide bonds. The van der Waals surface area contributed by atoms with Crippen LogP contribution in [0, 0.1) is 11.6 Å². The molecule has 2 aromatic carbocycles. The van der Waals surface area contributed by atoms with Crippen molar-refractivity contribution in [3.05, 3.63) is 78.0 Å². The zero-order valence-electron chi connectivity index (χ0n) is 9.74. The molecule has 0 heterocycles. The van der Waals surface area contributed by atoms with E-state index < -0.39 is 11.6 Å². The van der Waals surface area contributed by atoms with Gasteiger partial charge in [-0.25, -0.2) is 8.78 Å². The lowest BCUT2D eigenvalue weighted by molar-refractivity contribution is 0.586. The first-order chi connectivity index (χ1) is 8.75. The Kier molecular flexibility index (Phi) is 4.07. The molecule has 1 nitrogen and oxygen atoms in total. The van der Waals surface area contributed by atoms with Crippen LogP contribution in [-0.4, -0.2) is 0 Å². The number of benzene rings is 2. The lowest BCUT2D eigenvalue weighted by atomic mass is 10.1. The van der Waals surface area contributed by atoms with Crippen LogP contribution in [0.1, 0.15) is 5.56 Å². The first-order valence-electron chi connectivity index (χ1n) is 5.66. The highest BCUT2D eigenvalue weighted by Gasteiger charge is 2.00. The monoisotopic (exact) mass is 245 g/mol. The van der Waals surface area contributed by atoms with E-state index in [2.05, 4.69) is 5.32 Å². The van der Waals surface area contributed by atoms with Gasteiger partial charge in [-0.15, -0.1) is 0 Å². The Morgan fingerprint density at radius 2 is 1.78 bits per heavy atom. The number of rotatable bonds is 4. The van der Waals surface area contributed by atoms with Gasteiger partial charge in [0.15, 0.2) is 0 Å². The normalized spacial score (nSPS) is 10.8. The molecule has 0 saturated carbocycles. The van der Waals surface area contributed by atoms with E-state index in [1.165, 1.54) is 17.7 Å². The summed E-state index contributed by atoms with van der Waals surface area (Å²) in [5.41, 5.74) is 1.44. The van der Waals surface area contributed by atoms with Crippen LogP contribution in [-0.2, 0) is 6.42 Å². The Labute approximate surface area is 105 Å². The average Bonchev–Trinajstić information content (AvgIpc) is 2.38. The molecule has 0 spiro atoms. The summed E-state index contributed by atoms with van der Waals surface area (Å²) in [7, 11) is 0.